The van der Waals surface area contributed by atoms with Gasteiger partial charge in [-0.15, -0.1) is 11.3 Å². The van der Waals surface area contributed by atoms with Crippen LogP contribution < -0.4 is 5.32 Å². The summed E-state index contributed by atoms with van der Waals surface area (Å²) in [4.78, 5) is 26.6. The molecule has 1 fully saturated rings. The van der Waals surface area contributed by atoms with Crippen LogP contribution in [0.2, 0.25) is 4.34 Å². The van der Waals surface area contributed by atoms with Crippen molar-refractivity contribution in [3.05, 3.63) is 21.3 Å². The van der Waals surface area contributed by atoms with Gasteiger partial charge < -0.3 is 10.2 Å². The fourth-order valence-electron chi connectivity index (χ4n) is 1.99. The molecular weight excluding hydrogens is 272 g/mol. The molecule has 1 atom stereocenters. The van der Waals surface area contributed by atoms with E-state index in [1.54, 1.807) is 17.9 Å². The predicted molar refractivity (Wildman–Crippen MR) is 71.6 cm³/mol. The fourth-order valence-corrected chi connectivity index (χ4v) is 3.09. The maximum Gasteiger partial charge on any atom is 0.248 e. The zero-order valence-corrected chi connectivity index (χ0v) is 11.9. The fraction of sp³-hybridized carbons (Fsp3) is 0.500. The van der Waals surface area contributed by atoms with Crippen LogP contribution in [0.25, 0.3) is 0 Å². The van der Waals surface area contributed by atoms with E-state index in [0.717, 1.165) is 4.88 Å². The number of amides is 2. The molecule has 0 aromatic carbocycles. The maximum absolute atomic E-state index is 12.3. The van der Waals surface area contributed by atoms with Gasteiger partial charge in [-0.3, -0.25) is 9.59 Å². The molecule has 1 N–H and O–H groups in total. The first-order chi connectivity index (χ1) is 8.44. The minimum absolute atomic E-state index is 0.0332. The minimum atomic E-state index is -0.781. The molecule has 6 heteroatoms. The average Bonchev–Trinajstić information content (AvgIpc) is 2.71. The highest BCUT2D eigenvalue weighted by Crippen LogP contribution is 2.25. The lowest BCUT2D eigenvalue weighted by Gasteiger charge is -2.39. The van der Waals surface area contributed by atoms with Gasteiger partial charge in [0.1, 0.15) is 12.1 Å². The van der Waals surface area contributed by atoms with Gasteiger partial charge in [0, 0.05) is 4.88 Å². The van der Waals surface area contributed by atoms with Crippen molar-refractivity contribution in [2.24, 2.45) is 0 Å². The van der Waals surface area contributed by atoms with E-state index >= 15 is 0 Å². The van der Waals surface area contributed by atoms with Crippen molar-refractivity contribution in [1.82, 2.24) is 10.2 Å². The van der Waals surface area contributed by atoms with Crippen LogP contribution in [-0.4, -0.2) is 28.8 Å². The SMILES string of the molecule is CCC1(C)NC(=O)CN(Cc2ccc(Cl)s2)C1=O. The van der Waals surface area contributed by atoms with E-state index in [0.29, 0.717) is 17.3 Å². The lowest BCUT2D eigenvalue weighted by molar-refractivity contribution is -0.149. The Morgan fingerprint density at radius 2 is 2.22 bits per heavy atom. The van der Waals surface area contributed by atoms with E-state index in [1.807, 2.05) is 13.0 Å². The first kappa shape index (κ1) is 13.4. The number of nitrogens with zero attached hydrogens (tertiary/aromatic N) is 1. The number of halogens is 1. The van der Waals surface area contributed by atoms with Gasteiger partial charge >= 0.3 is 0 Å². The van der Waals surface area contributed by atoms with Crippen LogP contribution in [-0.2, 0) is 16.1 Å². The van der Waals surface area contributed by atoms with Crippen LogP contribution in [0.15, 0.2) is 12.1 Å². The molecule has 0 radical (unpaired) electrons. The van der Waals surface area contributed by atoms with E-state index in [2.05, 4.69) is 5.32 Å². The largest absolute Gasteiger partial charge is 0.340 e. The molecule has 1 unspecified atom stereocenters. The Labute approximate surface area is 115 Å². The third-order valence-corrected chi connectivity index (χ3v) is 4.41. The van der Waals surface area contributed by atoms with Crippen molar-refractivity contribution in [1.29, 1.82) is 0 Å². The predicted octanol–water partition coefficient (Wildman–Crippen LogP) is 2.03. The van der Waals surface area contributed by atoms with Gasteiger partial charge in [-0.1, -0.05) is 18.5 Å². The second-order valence-corrected chi connectivity index (χ2v) is 6.40. The van der Waals surface area contributed by atoms with Crippen LogP contribution >= 0.6 is 22.9 Å². The Balaban J connectivity index is 2.17. The number of rotatable bonds is 3. The molecule has 4 nitrogen and oxygen atoms in total. The van der Waals surface area contributed by atoms with Gasteiger partial charge in [0.2, 0.25) is 11.8 Å². The molecule has 2 rings (SSSR count). The van der Waals surface area contributed by atoms with E-state index in [9.17, 15) is 9.59 Å². The second-order valence-electron chi connectivity index (χ2n) is 4.60. The molecule has 18 heavy (non-hydrogen) atoms. The number of piperazine rings is 1. The summed E-state index contributed by atoms with van der Waals surface area (Å²) in [5.74, 6) is -0.143. The van der Waals surface area contributed by atoms with Gasteiger partial charge in [0.25, 0.3) is 0 Å². The molecule has 1 aromatic heterocycles. The summed E-state index contributed by atoms with van der Waals surface area (Å²) in [6.45, 7) is 4.22. The van der Waals surface area contributed by atoms with Crippen molar-refractivity contribution in [2.75, 3.05) is 6.54 Å². The lowest BCUT2D eigenvalue weighted by atomic mass is 9.94. The molecule has 2 amide bonds. The summed E-state index contributed by atoms with van der Waals surface area (Å²) in [6, 6.07) is 3.69. The topological polar surface area (TPSA) is 49.4 Å². The molecule has 0 saturated carbocycles. The van der Waals surface area contributed by atoms with E-state index in [1.165, 1.54) is 11.3 Å². The molecule has 1 aliphatic heterocycles. The lowest BCUT2D eigenvalue weighted by Crippen LogP contribution is -2.64. The standard InChI is InChI=1S/C12H15ClN2O2S/c1-3-12(2)11(17)15(7-10(16)14-12)6-8-4-5-9(13)18-8/h4-5H,3,6-7H2,1-2H3,(H,14,16). The van der Waals surface area contributed by atoms with Gasteiger partial charge in [0.15, 0.2) is 0 Å². The molecule has 2 heterocycles. The minimum Gasteiger partial charge on any atom is -0.340 e. The Morgan fingerprint density at radius 1 is 1.50 bits per heavy atom. The normalized spacial score (nSPS) is 24.3. The number of hydrogen-bond acceptors (Lipinski definition) is 3. The highest BCUT2D eigenvalue weighted by molar-refractivity contribution is 7.16. The van der Waals surface area contributed by atoms with Gasteiger partial charge in [-0.2, -0.15) is 0 Å². The molecule has 0 aliphatic carbocycles. The molecule has 0 bridgehead atoms. The average molecular weight is 287 g/mol. The highest BCUT2D eigenvalue weighted by Gasteiger charge is 2.41. The first-order valence-electron chi connectivity index (χ1n) is 5.79. The molecular formula is C12H15ClN2O2S. The summed E-state index contributed by atoms with van der Waals surface area (Å²) in [5, 5.41) is 2.76. The quantitative estimate of drug-likeness (QED) is 0.924. The third kappa shape index (κ3) is 2.52. The highest BCUT2D eigenvalue weighted by atomic mass is 35.5. The van der Waals surface area contributed by atoms with Crippen molar-refractivity contribution in [2.45, 2.75) is 32.4 Å². The van der Waals surface area contributed by atoms with Gasteiger partial charge in [-0.25, -0.2) is 0 Å². The smallest absolute Gasteiger partial charge is 0.248 e. The molecule has 1 aromatic rings. The molecule has 98 valence electrons. The Kier molecular flexibility index (Phi) is 3.64. The zero-order valence-electron chi connectivity index (χ0n) is 10.3. The van der Waals surface area contributed by atoms with Crippen LogP contribution in [0.4, 0.5) is 0 Å². The van der Waals surface area contributed by atoms with Crippen molar-refractivity contribution in [3.63, 3.8) is 0 Å². The maximum atomic E-state index is 12.3. The molecule has 0 spiro atoms. The number of hydrogen-bond donors (Lipinski definition) is 1. The van der Waals surface area contributed by atoms with Crippen LogP contribution in [0, 0.1) is 0 Å². The van der Waals surface area contributed by atoms with Crippen molar-refractivity contribution >= 4 is 34.8 Å². The number of carbonyl (C=O) groups is 2. The summed E-state index contributed by atoms with van der Waals surface area (Å²) in [7, 11) is 0. The van der Waals surface area contributed by atoms with E-state index in [4.69, 9.17) is 11.6 Å². The summed E-state index contributed by atoms with van der Waals surface area (Å²) < 4.78 is 0.692. The Hall–Kier alpha value is -1.07. The Bertz CT molecular complexity index is 488. The monoisotopic (exact) mass is 286 g/mol. The second kappa shape index (κ2) is 4.90. The van der Waals surface area contributed by atoms with Gasteiger partial charge in [-0.05, 0) is 25.5 Å². The Morgan fingerprint density at radius 3 is 2.78 bits per heavy atom. The van der Waals surface area contributed by atoms with Crippen molar-refractivity contribution in [3.8, 4) is 0 Å². The summed E-state index contributed by atoms with van der Waals surface area (Å²) in [6.07, 6.45) is 0.583. The number of thiophene rings is 1. The number of carbonyl (C=O) groups excluding carboxylic acids is 2. The number of nitrogens with one attached hydrogen (secondary N) is 1. The zero-order chi connectivity index (χ0) is 13.3. The molecule has 1 saturated heterocycles. The van der Waals surface area contributed by atoms with Crippen LogP contribution in [0.1, 0.15) is 25.1 Å². The van der Waals surface area contributed by atoms with Crippen LogP contribution in [0.5, 0.6) is 0 Å². The van der Waals surface area contributed by atoms with Crippen LogP contribution in [0.3, 0.4) is 0 Å². The first-order valence-corrected chi connectivity index (χ1v) is 6.98. The third-order valence-electron chi connectivity index (χ3n) is 3.19. The summed E-state index contributed by atoms with van der Waals surface area (Å²) >= 11 is 7.29. The van der Waals surface area contributed by atoms with E-state index < -0.39 is 5.54 Å². The van der Waals surface area contributed by atoms with E-state index in [-0.39, 0.29) is 18.4 Å². The van der Waals surface area contributed by atoms with Crippen molar-refractivity contribution < 1.29 is 9.59 Å². The summed E-state index contributed by atoms with van der Waals surface area (Å²) in [5.41, 5.74) is -0.781. The van der Waals surface area contributed by atoms with Gasteiger partial charge in [0.05, 0.1) is 10.9 Å². The molecule has 1 aliphatic rings.